The Morgan fingerprint density at radius 3 is 2.93 bits per heavy atom. The number of nitrogens with zero attached hydrogens (tertiary/aromatic N) is 1. The molecule has 0 aromatic carbocycles. The first-order valence-electron chi connectivity index (χ1n) is 5.92. The molecular weight excluding hydrogens is 204 g/mol. The quantitative estimate of drug-likeness (QED) is 0.828. The maximum atomic E-state index is 4.35. The van der Waals surface area contributed by atoms with Crippen LogP contribution in [0.5, 0.6) is 0 Å². The molecule has 3 heteroatoms. The van der Waals surface area contributed by atoms with Crippen LogP contribution in [0.4, 0.5) is 0 Å². The predicted octanol–water partition coefficient (Wildman–Crippen LogP) is 2.98. The van der Waals surface area contributed by atoms with Crippen molar-refractivity contribution in [3.05, 3.63) is 16.6 Å². The van der Waals surface area contributed by atoms with Gasteiger partial charge in [0.15, 0.2) is 0 Å². The summed E-state index contributed by atoms with van der Waals surface area (Å²) in [5, 5.41) is 5.80. The fourth-order valence-electron chi connectivity index (χ4n) is 2.48. The number of rotatable bonds is 5. The van der Waals surface area contributed by atoms with Gasteiger partial charge in [-0.15, -0.1) is 11.3 Å². The molecule has 0 amide bonds. The summed E-state index contributed by atoms with van der Waals surface area (Å²) in [4.78, 5) is 4.35. The van der Waals surface area contributed by atoms with E-state index in [0.717, 1.165) is 5.92 Å². The van der Waals surface area contributed by atoms with Gasteiger partial charge < -0.3 is 5.32 Å². The van der Waals surface area contributed by atoms with Crippen molar-refractivity contribution in [1.82, 2.24) is 10.3 Å². The Bertz CT molecular complexity index is 325. The fraction of sp³-hybridized carbons (Fsp3) is 0.750. The van der Waals surface area contributed by atoms with Gasteiger partial charge in [-0.3, -0.25) is 0 Å². The molecule has 15 heavy (non-hydrogen) atoms. The Hall–Kier alpha value is -0.410. The van der Waals surface area contributed by atoms with Crippen LogP contribution < -0.4 is 5.32 Å². The van der Waals surface area contributed by atoms with Crippen molar-refractivity contribution < 1.29 is 0 Å². The normalized spacial score (nSPS) is 25.1. The summed E-state index contributed by atoms with van der Waals surface area (Å²) in [7, 11) is 0. The van der Waals surface area contributed by atoms with Crippen molar-refractivity contribution in [3.63, 3.8) is 0 Å². The van der Waals surface area contributed by atoms with Crippen LogP contribution in [0.25, 0.3) is 0 Å². The largest absolute Gasteiger partial charge is 0.308 e. The van der Waals surface area contributed by atoms with Gasteiger partial charge in [-0.25, -0.2) is 4.98 Å². The lowest BCUT2D eigenvalue weighted by Crippen LogP contribution is -2.28. The van der Waals surface area contributed by atoms with Gasteiger partial charge in [0.2, 0.25) is 0 Å². The zero-order valence-corrected chi connectivity index (χ0v) is 10.0. The molecule has 0 aliphatic heterocycles. The molecule has 0 bridgehead atoms. The minimum absolute atomic E-state index is 0.424. The molecule has 1 aromatic rings. The second-order valence-electron chi connectivity index (χ2n) is 5.15. The van der Waals surface area contributed by atoms with Gasteiger partial charge in [0.25, 0.3) is 0 Å². The molecule has 82 valence electrons. The minimum Gasteiger partial charge on any atom is -0.308 e. The van der Waals surface area contributed by atoms with Gasteiger partial charge >= 0.3 is 0 Å². The highest BCUT2D eigenvalue weighted by Gasteiger charge is 2.53. The minimum atomic E-state index is 0.424. The van der Waals surface area contributed by atoms with Crippen molar-refractivity contribution in [2.24, 2.45) is 11.3 Å². The lowest BCUT2D eigenvalue weighted by molar-refractivity contribution is 0.380. The summed E-state index contributed by atoms with van der Waals surface area (Å²) in [6.45, 7) is 3.42. The molecule has 3 rings (SSSR count). The number of nitrogens with one attached hydrogen (secondary N) is 1. The third kappa shape index (κ3) is 1.95. The van der Waals surface area contributed by atoms with Gasteiger partial charge in [0.05, 0.1) is 11.2 Å². The fourth-order valence-corrected chi connectivity index (χ4v) is 3.13. The van der Waals surface area contributed by atoms with Crippen LogP contribution in [0.3, 0.4) is 0 Å². The molecule has 0 saturated heterocycles. The highest BCUT2D eigenvalue weighted by molar-refractivity contribution is 7.07. The molecule has 1 atom stereocenters. The number of aromatic nitrogens is 1. The number of hydrogen-bond acceptors (Lipinski definition) is 3. The average molecular weight is 222 g/mol. The molecule has 2 aliphatic rings. The van der Waals surface area contributed by atoms with E-state index in [9.17, 15) is 0 Å². The summed E-state index contributed by atoms with van der Waals surface area (Å²) in [5.74, 6) is 1.05. The van der Waals surface area contributed by atoms with E-state index in [-0.39, 0.29) is 0 Å². The topological polar surface area (TPSA) is 24.9 Å². The van der Waals surface area contributed by atoms with Crippen molar-refractivity contribution >= 4 is 11.3 Å². The lowest BCUT2D eigenvalue weighted by Gasteiger charge is -2.18. The van der Waals surface area contributed by atoms with E-state index in [0.29, 0.717) is 11.5 Å². The third-order valence-corrected chi connectivity index (χ3v) is 4.60. The Balaban J connectivity index is 1.53. The molecule has 2 saturated carbocycles. The molecule has 2 nitrogen and oxygen atoms in total. The van der Waals surface area contributed by atoms with Crippen molar-refractivity contribution in [2.75, 3.05) is 6.54 Å². The summed E-state index contributed by atoms with van der Waals surface area (Å²) in [5.41, 5.74) is 3.82. The smallest absolute Gasteiger partial charge is 0.0795 e. The van der Waals surface area contributed by atoms with Crippen LogP contribution in [0, 0.1) is 11.3 Å². The van der Waals surface area contributed by atoms with Crippen LogP contribution in [0.1, 0.15) is 44.3 Å². The van der Waals surface area contributed by atoms with Crippen LogP contribution in [-0.2, 0) is 0 Å². The van der Waals surface area contributed by atoms with Crippen LogP contribution in [0.15, 0.2) is 10.9 Å². The molecule has 0 spiro atoms. The maximum Gasteiger partial charge on any atom is 0.0795 e. The van der Waals surface area contributed by atoms with E-state index in [4.69, 9.17) is 0 Å². The van der Waals surface area contributed by atoms with Gasteiger partial charge in [0, 0.05) is 18.0 Å². The highest BCUT2D eigenvalue weighted by atomic mass is 32.1. The van der Waals surface area contributed by atoms with Crippen molar-refractivity contribution in [1.29, 1.82) is 0 Å². The van der Waals surface area contributed by atoms with E-state index < -0.39 is 0 Å². The predicted molar refractivity (Wildman–Crippen MR) is 62.9 cm³/mol. The first-order chi connectivity index (χ1) is 7.30. The highest BCUT2D eigenvalue weighted by Crippen LogP contribution is 2.60. The molecule has 1 N–H and O–H groups in total. The molecule has 2 aliphatic carbocycles. The molecular formula is C12H18N2S. The maximum absolute atomic E-state index is 4.35. The van der Waals surface area contributed by atoms with Gasteiger partial charge in [-0.2, -0.15) is 0 Å². The van der Waals surface area contributed by atoms with E-state index in [1.54, 1.807) is 11.3 Å². The molecule has 1 heterocycles. The number of hydrogen-bond donors (Lipinski definition) is 1. The average Bonchev–Trinajstić information content (AvgIpc) is 3.14. The molecule has 2 fully saturated rings. The first kappa shape index (κ1) is 9.79. The molecule has 1 unspecified atom stereocenters. The molecule has 0 radical (unpaired) electrons. The Morgan fingerprint density at radius 1 is 1.60 bits per heavy atom. The van der Waals surface area contributed by atoms with E-state index >= 15 is 0 Å². The Kier molecular flexibility index (Phi) is 2.33. The summed E-state index contributed by atoms with van der Waals surface area (Å²) in [6, 6.07) is 0.424. The van der Waals surface area contributed by atoms with Gasteiger partial charge in [-0.1, -0.05) is 0 Å². The monoisotopic (exact) mass is 222 g/mol. The second-order valence-corrected chi connectivity index (χ2v) is 5.87. The van der Waals surface area contributed by atoms with Crippen LogP contribution >= 0.6 is 11.3 Å². The zero-order valence-electron chi connectivity index (χ0n) is 9.20. The summed E-state index contributed by atoms with van der Waals surface area (Å²) < 4.78 is 0. The second kappa shape index (κ2) is 3.56. The van der Waals surface area contributed by atoms with E-state index in [1.165, 1.54) is 37.9 Å². The van der Waals surface area contributed by atoms with E-state index in [2.05, 4.69) is 22.6 Å². The Morgan fingerprint density at radius 2 is 2.40 bits per heavy atom. The first-order valence-corrected chi connectivity index (χ1v) is 6.86. The standard InChI is InChI=1S/C12H18N2S/c1-9(11-6-15-8-14-11)13-7-12(4-5-12)10-2-3-10/h6,8-10,13H,2-5,7H2,1H3. The van der Waals surface area contributed by atoms with Crippen LogP contribution in [-0.4, -0.2) is 11.5 Å². The zero-order chi connectivity index (χ0) is 10.3. The third-order valence-electron chi connectivity index (χ3n) is 3.99. The van der Waals surface area contributed by atoms with Gasteiger partial charge in [-0.05, 0) is 43.9 Å². The number of thiazole rings is 1. The SMILES string of the molecule is CC(NCC1(C2CC2)CC1)c1cscn1. The van der Waals surface area contributed by atoms with Gasteiger partial charge in [0.1, 0.15) is 0 Å². The van der Waals surface area contributed by atoms with Crippen LogP contribution in [0.2, 0.25) is 0 Å². The summed E-state index contributed by atoms with van der Waals surface area (Å²) in [6.07, 6.45) is 5.86. The Labute approximate surface area is 95.1 Å². The molecule has 1 aromatic heterocycles. The van der Waals surface area contributed by atoms with Crippen molar-refractivity contribution in [2.45, 2.75) is 38.6 Å². The summed E-state index contributed by atoms with van der Waals surface area (Å²) >= 11 is 1.68. The van der Waals surface area contributed by atoms with E-state index in [1.807, 2.05) is 5.51 Å². The van der Waals surface area contributed by atoms with Crippen molar-refractivity contribution in [3.8, 4) is 0 Å². The lowest BCUT2D eigenvalue weighted by atomic mass is 10.0.